The van der Waals surface area contributed by atoms with E-state index in [-0.39, 0.29) is 5.75 Å². The van der Waals surface area contributed by atoms with Crippen LogP contribution in [0.5, 0.6) is 0 Å². The second-order valence-electron chi connectivity index (χ2n) is 11.3. The van der Waals surface area contributed by atoms with Crippen LogP contribution in [0.4, 0.5) is 21.0 Å². The smallest absolute Gasteiger partial charge is 0.420 e. The van der Waals surface area contributed by atoms with E-state index in [0.29, 0.717) is 4.90 Å². The summed E-state index contributed by atoms with van der Waals surface area (Å²) < 4.78 is 17.0. The maximum Gasteiger partial charge on any atom is 0.420 e. The maximum absolute atomic E-state index is 13.1. The zero-order chi connectivity index (χ0) is 29.8. The third-order valence-electron chi connectivity index (χ3n) is 5.71. The Morgan fingerprint density at radius 2 is 1.50 bits per heavy atom. The lowest BCUT2D eigenvalue weighted by molar-refractivity contribution is -0.145. The Kier molecular flexibility index (Phi) is 9.79. The van der Waals surface area contributed by atoms with Crippen molar-refractivity contribution in [3.8, 4) is 0 Å². The first-order valence-corrected chi connectivity index (χ1v) is 14.7. The molecule has 0 bridgehead atoms. The SMILES string of the molecule is COC(=O)C(CSc1ccc(Nc2cccc3c(C)c(C)sc23)cc1)N(C(=O)OC(C)(C)C)C(=O)OC(C)(C)C. The molecule has 0 radical (unpaired) electrons. The minimum Gasteiger partial charge on any atom is -0.467 e. The van der Waals surface area contributed by atoms with Gasteiger partial charge in [-0.15, -0.1) is 23.1 Å². The van der Waals surface area contributed by atoms with Gasteiger partial charge in [-0.25, -0.2) is 14.4 Å². The van der Waals surface area contributed by atoms with Gasteiger partial charge >= 0.3 is 18.2 Å². The number of thiophene rings is 1. The van der Waals surface area contributed by atoms with Crippen LogP contribution in [0, 0.1) is 13.8 Å². The number of ether oxygens (including phenoxy) is 3. The van der Waals surface area contributed by atoms with Gasteiger partial charge in [0.2, 0.25) is 0 Å². The van der Waals surface area contributed by atoms with Gasteiger partial charge in [0, 0.05) is 21.2 Å². The Bertz CT molecular complexity index is 1340. The number of hydrogen-bond acceptors (Lipinski definition) is 9. The number of carbonyl (C=O) groups is 3. The van der Waals surface area contributed by atoms with E-state index in [0.717, 1.165) is 16.3 Å². The molecule has 1 heterocycles. The van der Waals surface area contributed by atoms with Gasteiger partial charge in [0.15, 0.2) is 6.04 Å². The van der Waals surface area contributed by atoms with Crippen molar-refractivity contribution in [1.82, 2.24) is 4.90 Å². The van der Waals surface area contributed by atoms with E-state index in [2.05, 4.69) is 31.3 Å². The second-order valence-corrected chi connectivity index (χ2v) is 13.6. The molecule has 216 valence electrons. The van der Waals surface area contributed by atoms with Crippen LogP contribution in [-0.2, 0) is 19.0 Å². The minimum absolute atomic E-state index is 0.0466. The highest BCUT2D eigenvalue weighted by Gasteiger charge is 2.41. The molecular weight excluding hydrogens is 548 g/mol. The van der Waals surface area contributed by atoms with Crippen molar-refractivity contribution in [3.05, 3.63) is 52.9 Å². The number of nitrogens with one attached hydrogen (secondary N) is 1. The molecule has 1 N–H and O–H groups in total. The summed E-state index contributed by atoms with van der Waals surface area (Å²) in [6.07, 6.45) is -1.96. The molecule has 0 saturated heterocycles. The highest BCUT2D eigenvalue weighted by atomic mass is 32.2. The normalized spacial score (nSPS) is 12.5. The first-order valence-electron chi connectivity index (χ1n) is 12.9. The molecule has 8 nitrogen and oxygen atoms in total. The summed E-state index contributed by atoms with van der Waals surface area (Å²) in [5.74, 6) is -0.706. The van der Waals surface area contributed by atoms with Crippen molar-refractivity contribution in [1.29, 1.82) is 0 Å². The van der Waals surface area contributed by atoms with Crippen LogP contribution in [0.2, 0.25) is 0 Å². The first-order chi connectivity index (χ1) is 18.6. The van der Waals surface area contributed by atoms with Gasteiger partial charge < -0.3 is 19.5 Å². The summed E-state index contributed by atoms with van der Waals surface area (Å²) in [7, 11) is 1.21. The number of imide groups is 1. The molecule has 0 fully saturated rings. The first kappa shape index (κ1) is 31.3. The predicted molar refractivity (Wildman–Crippen MR) is 162 cm³/mol. The Morgan fingerprint density at radius 3 is 2.02 bits per heavy atom. The number of benzene rings is 2. The summed E-state index contributed by atoms with van der Waals surface area (Å²) in [4.78, 5) is 41.8. The van der Waals surface area contributed by atoms with Crippen LogP contribution in [0.25, 0.3) is 10.1 Å². The van der Waals surface area contributed by atoms with Crippen LogP contribution < -0.4 is 5.32 Å². The molecule has 0 saturated carbocycles. The number of hydrogen-bond donors (Lipinski definition) is 1. The van der Waals surface area contributed by atoms with Gasteiger partial charge in [-0.3, -0.25) is 0 Å². The molecule has 2 aromatic carbocycles. The second kappa shape index (κ2) is 12.5. The van der Waals surface area contributed by atoms with Crippen LogP contribution in [0.15, 0.2) is 47.4 Å². The van der Waals surface area contributed by atoms with Gasteiger partial charge in [0.1, 0.15) is 11.2 Å². The van der Waals surface area contributed by atoms with Gasteiger partial charge in [0.25, 0.3) is 0 Å². The fourth-order valence-corrected chi connectivity index (χ4v) is 5.85. The van der Waals surface area contributed by atoms with Crippen molar-refractivity contribution < 1.29 is 28.6 Å². The molecule has 0 aliphatic carbocycles. The van der Waals surface area contributed by atoms with E-state index < -0.39 is 35.4 Å². The number of amides is 2. The van der Waals surface area contributed by atoms with Gasteiger partial charge in [-0.2, -0.15) is 4.90 Å². The molecule has 3 rings (SSSR count). The lowest BCUT2D eigenvalue weighted by atomic mass is 10.1. The molecule has 2 amide bonds. The Labute approximate surface area is 244 Å². The Morgan fingerprint density at radius 1 is 0.925 bits per heavy atom. The quantitative estimate of drug-likeness (QED) is 0.169. The molecule has 40 heavy (non-hydrogen) atoms. The number of aryl methyl sites for hydroxylation is 2. The van der Waals surface area contributed by atoms with Crippen molar-refractivity contribution in [2.45, 2.75) is 77.5 Å². The molecular formula is C30H38N2O6S2. The topological polar surface area (TPSA) is 94.2 Å². The molecule has 0 aliphatic heterocycles. The van der Waals surface area contributed by atoms with Gasteiger partial charge in [-0.1, -0.05) is 12.1 Å². The average Bonchev–Trinajstić information content (AvgIpc) is 3.14. The van der Waals surface area contributed by atoms with E-state index in [4.69, 9.17) is 14.2 Å². The number of nitrogens with zero attached hydrogens (tertiary/aromatic N) is 1. The zero-order valence-electron chi connectivity index (χ0n) is 24.5. The summed E-state index contributed by atoms with van der Waals surface area (Å²) in [5, 5.41) is 4.74. The van der Waals surface area contributed by atoms with Crippen molar-refractivity contribution in [3.63, 3.8) is 0 Å². The largest absolute Gasteiger partial charge is 0.467 e. The fraction of sp³-hybridized carbons (Fsp3) is 0.433. The number of anilines is 2. The lowest BCUT2D eigenvalue weighted by Crippen LogP contribution is -2.53. The Balaban J connectivity index is 1.80. The van der Waals surface area contributed by atoms with Crippen LogP contribution in [0.3, 0.4) is 0 Å². The molecule has 1 atom stereocenters. The molecule has 10 heteroatoms. The van der Waals surface area contributed by atoms with Crippen molar-refractivity contribution >= 4 is 62.7 Å². The van der Waals surface area contributed by atoms with Crippen molar-refractivity contribution in [2.75, 3.05) is 18.2 Å². The van der Waals surface area contributed by atoms with E-state index in [1.807, 2.05) is 30.3 Å². The third-order valence-corrected chi connectivity index (χ3v) is 8.05. The monoisotopic (exact) mass is 586 g/mol. The number of thioether (sulfide) groups is 1. The van der Waals surface area contributed by atoms with Crippen LogP contribution in [0.1, 0.15) is 52.0 Å². The predicted octanol–water partition coefficient (Wildman–Crippen LogP) is 8.07. The summed E-state index contributed by atoms with van der Waals surface area (Å²) in [6.45, 7) is 14.3. The van der Waals surface area contributed by atoms with Gasteiger partial charge in [0.05, 0.1) is 17.5 Å². The molecule has 0 spiro atoms. The summed E-state index contributed by atoms with van der Waals surface area (Å²) >= 11 is 3.08. The van der Waals surface area contributed by atoms with E-state index in [9.17, 15) is 14.4 Å². The Hall–Kier alpha value is -3.24. The van der Waals surface area contributed by atoms with E-state index in [1.165, 1.54) is 39.4 Å². The molecule has 0 aliphatic rings. The number of fused-ring (bicyclic) bond motifs is 1. The van der Waals surface area contributed by atoms with Gasteiger partial charge in [-0.05, 0) is 96.7 Å². The lowest BCUT2D eigenvalue weighted by Gasteiger charge is -2.32. The van der Waals surface area contributed by atoms with Crippen LogP contribution >= 0.6 is 23.1 Å². The number of esters is 1. The summed E-state index contributed by atoms with van der Waals surface area (Å²) in [6, 6.07) is 12.7. The maximum atomic E-state index is 13.1. The molecule has 3 aromatic rings. The average molecular weight is 587 g/mol. The van der Waals surface area contributed by atoms with E-state index in [1.54, 1.807) is 52.9 Å². The molecule has 1 aromatic heterocycles. The minimum atomic E-state index is -1.26. The third kappa shape index (κ3) is 8.14. The number of methoxy groups -OCH3 is 1. The van der Waals surface area contributed by atoms with E-state index >= 15 is 0 Å². The summed E-state index contributed by atoms with van der Waals surface area (Å²) in [5.41, 5.74) is 1.46. The standard InChI is InChI=1S/C30H38N2O6S2/c1-18-19(2)40-25-22(18)11-10-12-23(25)31-20-13-15-21(16-14-20)39-17-24(26(33)36-9)32(27(34)37-29(3,4)5)28(35)38-30(6,7)8/h10-16,24,31H,17H2,1-9H3. The zero-order valence-corrected chi connectivity index (χ0v) is 26.2. The van der Waals surface area contributed by atoms with Crippen molar-refractivity contribution in [2.24, 2.45) is 0 Å². The highest BCUT2D eigenvalue weighted by Crippen LogP contribution is 2.37. The molecule has 1 unspecified atom stereocenters. The number of carbonyl (C=O) groups excluding carboxylic acids is 3. The van der Waals surface area contributed by atoms with Crippen LogP contribution in [-0.4, -0.2) is 53.2 Å². The highest BCUT2D eigenvalue weighted by molar-refractivity contribution is 7.99. The number of rotatable bonds is 7. The fourth-order valence-electron chi connectivity index (χ4n) is 3.76.